The second kappa shape index (κ2) is 9.34. The van der Waals surface area contributed by atoms with Crippen LogP contribution in [0, 0.1) is 0 Å². The van der Waals surface area contributed by atoms with Crippen molar-refractivity contribution in [3.05, 3.63) is 65.2 Å². The molecule has 6 heteroatoms. The highest BCUT2D eigenvalue weighted by molar-refractivity contribution is 7.89. The molecule has 0 aromatic heterocycles. The number of amides is 1. The van der Waals surface area contributed by atoms with Crippen molar-refractivity contribution in [2.24, 2.45) is 0 Å². The van der Waals surface area contributed by atoms with Gasteiger partial charge in [0.25, 0.3) is 5.91 Å². The van der Waals surface area contributed by atoms with Crippen molar-refractivity contribution in [2.75, 3.05) is 6.54 Å². The van der Waals surface area contributed by atoms with E-state index in [0.717, 1.165) is 5.56 Å². The van der Waals surface area contributed by atoms with E-state index in [1.54, 1.807) is 36.4 Å². The monoisotopic (exact) mass is 400 g/mol. The Morgan fingerprint density at radius 2 is 1.61 bits per heavy atom. The molecule has 0 spiro atoms. The van der Waals surface area contributed by atoms with E-state index in [2.05, 4.69) is 10.0 Å². The first kappa shape index (κ1) is 20.6. The molecular formula is C22H28N2O3S. The summed E-state index contributed by atoms with van der Waals surface area (Å²) in [6.45, 7) is 2.62. The van der Waals surface area contributed by atoms with Gasteiger partial charge in [-0.05, 0) is 61.1 Å². The molecule has 0 heterocycles. The zero-order valence-electron chi connectivity index (χ0n) is 16.3. The average Bonchev–Trinajstić information content (AvgIpc) is 2.74. The summed E-state index contributed by atoms with van der Waals surface area (Å²) >= 11 is 0. The van der Waals surface area contributed by atoms with Gasteiger partial charge in [0.15, 0.2) is 0 Å². The molecular weight excluding hydrogens is 372 g/mol. The lowest BCUT2D eigenvalue weighted by atomic mass is 9.84. The van der Waals surface area contributed by atoms with E-state index in [0.29, 0.717) is 18.0 Å². The lowest BCUT2D eigenvalue weighted by Gasteiger charge is -2.22. The van der Waals surface area contributed by atoms with Crippen molar-refractivity contribution in [2.45, 2.75) is 56.4 Å². The van der Waals surface area contributed by atoms with Crippen molar-refractivity contribution in [3.8, 4) is 0 Å². The molecule has 2 N–H and O–H groups in total. The molecule has 5 nitrogen and oxygen atoms in total. The standard InChI is InChI=1S/C22H28N2O3S/c1-2-23-22(25)20-10-8-17(9-11-20)16-24-28(26,27)21-14-12-19(13-15-21)18-6-4-3-5-7-18/h8-15,18,24H,2-7,16H2,1H3,(H,23,25). The van der Waals surface area contributed by atoms with Crippen LogP contribution in [-0.2, 0) is 16.6 Å². The number of benzene rings is 2. The van der Waals surface area contributed by atoms with Crippen LogP contribution in [0.15, 0.2) is 53.4 Å². The highest BCUT2D eigenvalue weighted by Gasteiger charge is 2.18. The van der Waals surface area contributed by atoms with Gasteiger partial charge < -0.3 is 5.32 Å². The Morgan fingerprint density at radius 1 is 0.964 bits per heavy atom. The van der Waals surface area contributed by atoms with Gasteiger partial charge in [-0.25, -0.2) is 13.1 Å². The molecule has 28 heavy (non-hydrogen) atoms. The third-order valence-corrected chi connectivity index (χ3v) is 6.70. The first-order valence-corrected chi connectivity index (χ1v) is 11.4. The van der Waals surface area contributed by atoms with Gasteiger partial charge in [-0.2, -0.15) is 0 Å². The van der Waals surface area contributed by atoms with Crippen LogP contribution >= 0.6 is 0 Å². The topological polar surface area (TPSA) is 75.3 Å². The smallest absolute Gasteiger partial charge is 0.251 e. The highest BCUT2D eigenvalue weighted by Crippen LogP contribution is 2.32. The van der Waals surface area contributed by atoms with E-state index in [1.807, 2.05) is 19.1 Å². The highest BCUT2D eigenvalue weighted by atomic mass is 32.2. The fourth-order valence-electron chi connectivity index (χ4n) is 3.65. The summed E-state index contributed by atoms with van der Waals surface area (Å²) in [5.74, 6) is 0.426. The van der Waals surface area contributed by atoms with Crippen molar-refractivity contribution < 1.29 is 13.2 Å². The molecule has 1 aliphatic carbocycles. The summed E-state index contributed by atoms with van der Waals surface area (Å²) in [6.07, 6.45) is 6.20. The number of carbonyl (C=O) groups is 1. The normalized spacial score (nSPS) is 15.3. The van der Waals surface area contributed by atoms with Gasteiger partial charge in [0.1, 0.15) is 0 Å². The van der Waals surface area contributed by atoms with Gasteiger partial charge in [-0.1, -0.05) is 43.5 Å². The summed E-state index contributed by atoms with van der Waals surface area (Å²) < 4.78 is 27.8. The van der Waals surface area contributed by atoms with E-state index in [4.69, 9.17) is 0 Å². The summed E-state index contributed by atoms with van der Waals surface area (Å²) in [5, 5.41) is 2.74. The molecule has 1 amide bonds. The predicted octanol–water partition coefficient (Wildman–Crippen LogP) is 3.96. The molecule has 0 unspecified atom stereocenters. The number of nitrogens with one attached hydrogen (secondary N) is 2. The molecule has 1 fully saturated rings. The number of rotatable bonds is 7. The molecule has 2 aromatic rings. The van der Waals surface area contributed by atoms with E-state index in [-0.39, 0.29) is 17.3 Å². The average molecular weight is 401 g/mol. The van der Waals surface area contributed by atoms with Crippen molar-refractivity contribution in [3.63, 3.8) is 0 Å². The predicted molar refractivity (Wildman–Crippen MR) is 111 cm³/mol. The second-order valence-corrected chi connectivity index (χ2v) is 9.05. The fourth-order valence-corrected chi connectivity index (χ4v) is 4.67. The van der Waals surface area contributed by atoms with Crippen molar-refractivity contribution >= 4 is 15.9 Å². The first-order valence-electron chi connectivity index (χ1n) is 9.96. The Balaban J connectivity index is 1.61. The minimum absolute atomic E-state index is 0.132. The Morgan fingerprint density at radius 3 is 2.21 bits per heavy atom. The fraction of sp³-hybridized carbons (Fsp3) is 0.409. The van der Waals surface area contributed by atoms with Crippen LogP contribution in [0.25, 0.3) is 0 Å². The maximum Gasteiger partial charge on any atom is 0.251 e. The maximum atomic E-state index is 12.6. The third-order valence-electron chi connectivity index (χ3n) is 5.29. The molecule has 0 aliphatic heterocycles. The third kappa shape index (κ3) is 5.20. The van der Waals surface area contributed by atoms with Gasteiger partial charge in [0.05, 0.1) is 4.90 Å². The second-order valence-electron chi connectivity index (χ2n) is 7.28. The van der Waals surface area contributed by atoms with Crippen LogP contribution in [0.5, 0.6) is 0 Å². The van der Waals surface area contributed by atoms with Crippen LogP contribution in [0.3, 0.4) is 0 Å². The Hall–Kier alpha value is -2.18. The van der Waals surface area contributed by atoms with Crippen molar-refractivity contribution in [1.82, 2.24) is 10.0 Å². The van der Waals surface area contributed by atoms with E-state index in [1.165, 1.54) is 37.7 Å². The molecule has 1 aliphatic rings. The largest absolute Gasteiger partial charge is 0.352 e. The first-order chi connectivity index (χ1) is 13.5. The Labute approximate surface area is 167 Å². The molecule has 0 radical (unpaired) electrons. The molecule has 2 aromatic carbocycles. The van der Waals surface area contributed by atoms with Gasteiger partial charge in [-0.3, -0.25) is 4.79 Å². The van der Waals surface area contributed by atoms with Crippen LogP contribution in [0.2, 0.25) is 0 Å². The zero-order valence-corrected chi connectivity index (χ0v) is 17.1. The zero-order chi connectivity index (χ0) is 20.0. The van der Waals surface area contributed by atoms with E-state index < -0.39 is 10.0 Å². The number of hydrogen-bond acceptors (Lipinski definition) is 3. The van der Waals surface area contributed by atoms with E-state index in [9.17, 15) is 13.2 Å². The Bertz CT molecular complexity index is 884. The van der Waals surface area contributed by atoms with Gasteiger partial charge in [0, 0.05) is 18.7 Å². The summed E-state index contributed by atoms with van der Waals surface area (Å²) in [6, 6.07) is 14.2. The van der Waals surface area contributed by atoms with Gasteiger partial charge in [0.2, 0.25) is 10.0 Å². The minimum atomic E-state index is -3.57. The minimum Gasteiger partial charge on any atom is -0.352 e. The SMILES string of the molecule is CCNC(=O)c1ccc(CNS(=O)(=O)c2ccc(C3CCCCC3)cc2)cc1. The molecule has 0 atom stereocenters. The van der Waals surface area contributed by atoms with E-state index >= 15 is 0 Å². The molecule has 0 saturated heterocycles. The summed E-state index contributed by atoms with van der Waals surface area (Å²) in [4.78, 5) is 12.1. The maximum absolute atomic E-state index is 12.6. The molecule has 0 bridgehead atoms. The van der Waals surface area contributed by atoms with Gasteiger partial charge >= 0.3 is 0 Å². The number of carbonyl (C=O) groups excluding carboxylic acids is 1. The van der Waals surface area contributed by atoms with Crippen LogP contribution < -0.4 is 10.0 Å². The van der Waals surface area contributed by atoms with Crippen LogP contribution in [-0.4, -0.2) is 20.9 Å². The number of sulfonamides is 1. The number of hydrogen-bond donors (Lipinski definition) is 2. The summed E-state index contributed by atoms with van der Waals surface area (Å²) in [5.41, 5.74) is 2.60. The van der Waals surface area contributed by atoms with Gasteiger partial charge in [-0.15, -0.1) is 0 Å². The molecule has 1 saturated carbocycles. The lowest BCUT2D eigenvalue weighted by Crippen LogP contribution is -2.24. The van der Waals surface area contributed by atoms with Crippen molar-refractivity contribution in [1.29, 1.82) is 0 Å². The van der Waals surface area contributed by atoms with Crippen LogP contribution in [0.4, 0.5) is 0 Å². The molecule has 3 rings (SSSR count). The summed E-state index contributed by atoms with van der Waals surface area (Å²) in [7, 11) is -3.57. The lowest BCUT2D eigenvalue weighted by molar-refractivity contribution is 0.0956. The quantitative estimate of drug-likeness (QED) is 0.739. The van der Waals surface area contributed by atoms with Crippen LogP contribution in [0.1, 0.15) is 66.4 Å². The Kier molecular flexibility index (Phi) is 6.86. The molecule has 150 valence electrons.